The van der Waals surface area contributed by atoms with E-state index in [-0.39, 0.29) is 25.1 Å². The highest BCUT2D eigenvalue weighted by atomic mass is 16.5. The molecular weight excluding hydrogens is 314 g/mol. The van der Waals surface area contributed by atoms with Crippen LogP contribution in [0.15, 0.2) is 4.52 Å². The van der Waals surface area contributed by atoms with Crippen LogP contribution in [0.2, 0.25) is 0 Å². The number of aliphatic carboxylic acids is 3. The van der Waals surface area contributed by atoms with E-state index in [4.69, 9.17) is 31.9 Å². The van der Waals surface area contributed by atoms with Crippen LogP contribution in [0, 0.1) is 6.92 Å². The van der Waals surface area contributed by atoms with Crippen molar-refractivity contribution in [3.8, 4) is 5.88 Å². The molecule has 1 rings (SSSR count). The zero-order valence-corrected chi connectivity index (χ0v) is 12.3. The molecule has 1 aromatic rings. The molecule has 11 nitrogen and oxygen atoms in total. The van der Waals surface area contributed by atoms with Crippen molar-refractivity contribution in [3.05, 3.63) is 11.3 Å². The van der Waals surface area contributed by atoms with Crippen LogP contribution in [0.4, 0.5) is 0 Å². The fourth-order valence-corrected chi connectivity index (χ4v) is 1.32. The van der Waals surface area contributed by atoms with Gasteiger partial charge in [0, 0.05) is 12.8 Å². The predicted molar refractivity (Wildman–Crippen MR) is 74.7 cm³/mol. The maximum Gasteiger partial charge on any atom is 0.320 e. The number of aromatic nitrogens is 1. The maximum atomic E-state index is 10.4. The monoisotopic (exact) mass is 333 g/mol. The summed E-state index contributed by atoms with van der Waals surface area (Å²) in [6, 6.07) is -2.11. The summed E-state index contributed by atoms with van der Waals surface area (Å²) in [4.78, 5) is 30.3. The van der Waals surface area contributed by atoms with Crippen LogP contribution in [0.25, 0.3) is 0 Å². The molecule has 0 saturated carbocycles. The lowest BCUT2D eigenvalue weighted by atomic mass is 10.1. The molecule has 0 aliphatic rings. The molecule has 0 amide bonds. The minimum Gasteiger partial charge on any atom is -0.491 e. The Balaban J connectivity index is 0.000000438. The largest absolute Gasteiger partial charge is 0.491 e. The Morgan fingerprint density at radius 1 is 1.13 bits per heavy atom. The van der Waals surface area contributed by atoms with Crippen LogP contribution in [0.5, 0.6) is 5.88 Å². The van der Waals surface area contributed by atoms with Gasteiger partial charge in [-0.25, -0.2) is 0 Å². The van der Waals surface area contributed by atoms with Crippen molar-refractivity contribution >= 4 is 17.9 Å². The van der Waals surface area contributed by atoms with Gasteiger partial charge in [-0.05, 0) is 18.5 Å². The van der Waals surface area contributed by atoms with Crippen molar-refractivity contribution in [1.29, 1.82) is 0 Å². The van der Waals surface area contributed by atoms with Gasteiger partial charge in [0.2, 0.25) is 0 Å². The summed E-state index contributed by atoms with van der Waals surface area (Å²) in [5, 5.41) is 37.1. The predicted octanol–water partition coefficient (Wildman–Crippen LogP) is -1.09. The van der Waals surface area contributed by atoms with E-state index in [1.54, 1.807) is 6.92 Å². The van der Waals surface area contributed by atoms with Crippen molar-refractivity contribution in [2.75, 3.05) is 0 Å². The van der Waals surface area contributed by atoms with Crippen molar-refractivity contribution < 1.29 is 39.3 Å². The molecule has 0 aromatic carbocycles. The summed E-state index contributed by atoms with van der Waals surface area (Å²) >= 11 is 0. The first-order valence-electron chi connectivity index (χ1n) is 6.38. The minimum absolute atomic E-state index is 0.0104. The minimum atomic E-state index is -1.17. The summed E-state index contributed by atoms with van der Waals surface area (Å²) in [7, 11) is 0. The first-order valence-corrected chi connectivity index (χ1v) is 6.38. The Morgan fingerprint density at radius 3 is 2.00 bits per heavy atom. The normalized spacial score (nSPS) is 12.7. The van der Waals surface area contributed by atoms with Gasteiger partial charge >= 0.3 is 17.9 Å². The first kappa shape index (κ1) is 20.3. The molecule has 2 atom stereocenters. The molecule has 11 heteroatoms. The third kappa shape index (κ3) is 7.78. The lowest BCUT2D eigenvalue weighted by molar-refractivity contribution is -0.140. The Bertz CT molecular complexity index is 537. The van der Waals surface area contributed by atoms with E-state index in [9.17, 15) is 14.4 Å². The second-order valence-corrected chi connectivity index (χ2v) is 4.57. The summed E-state index contributed by atoms with van der Waals surface area (Å²) in [6.07, 6.45) is -0.214. The van der Waals surface area contributed by atoms with E-state index in [1.807, 2.05) is 0 Å². The van der Waals surface area contributed by atoms with Gasteiger partial charge in [-0.1, -0.05) is 0 Å². The average Bonchev–Trinajstić information content (AvgIpc) is 2.76. The molecule has 0 saturated heterocycles. The van der Waals surface area contributed by atoms with Crippen LogP contribution < -0.4 is 11.5 Å². The number of hydrogen-bond donors (Lipinski definition) is 6. The molecule has 0 radical (unpaired) electrons. The maximum absolute atomic E-state index is 10.4. The van der Waals surface area contributed by atoms with Crippen LogP contribution >= 0.6 is 0 Å². The highest BCUT2D eigenvalue weighted by Gasteiger charge is 2.19. The number of rotatable bonds is 7. The average molecular weight is 333 g/mol. The molecule has 0 fully saturated rings. The SMILES string of the molecule is Cc1onc(O)c1CC(N)C(=O)O.N[C@@H](CCC(=O)O)C(=O)O. The number of nitrogens with zero attached hydrogens (tertiary/aromatic N) is 1. The zero-order valence-electron chi connectivity index (χ0n) is 12.3. The number of hydrogen-bond acceptors (Lipinski definition) is 8. The van der Waals surface area contributed by atoms with Gasteiger partial charge in [-0.15, -0.1) is 0 Å². The van der Waals surface area contributed by atoms with Crippen molar-refractivity contribution in [3.63, 3.8) is 0 Å². The Morgan fingerprint density at radius 2 is 1.65 bits per heavy atom. The molecular formula is C12H19N3O8. The van der Waals surface area contributed by atoms with Crippen LogP contribution in [-0.4, -0.2) is 55.6 Å². The topological polar surface area (TPSA) is 210 Å². The number of nitrogens with two attached hydrogens (primary N) is 2. The van der Waals surface area contributed by atoms with E-state index < -0.39 is 30.0 Å². The number of carboxylic acids is 3. The molecule has 130 valence electrons. The molecule has 1 heterocycles. The van der Waals surface area contributed by atoms with Gasteiger partial charge in [0.05, 0.1) is 5.56 Å². The van der Waals surface area contributed by atoms with Gasteiger partial charge < -0.3 is 36.4 Å². The Labute approximate surface area is 130 Å². The fourth-order valence-electron chi connectivity index (χ4n) is 1.32. The highest BCUT2D eigenvalue weighted by molar-refractivity contribution is 5.74. The second kappa shape index (κ2) is 9.38. The summed E-state index contributed by atoms with van der Waals surface area (Å²) in [6.45, 7) is 1.58. The molecule has 23 heavy (non-hydrogen) atoms. The molecule has 1 aromatic heterocycles. The third-order valence-corrected chi connectivity index (χ3v) is 2.69. The summed E-state index contributed by atoms with van der Waals surface area (Å²) < 4.78 is 4.63. The summed E-state index contributed by atoms with van der Waals surface area (Å²) in [5.74, 6) is -3.23. The van der Waals surface area contributed by atoms with Crippen LogP contribution in [-0.2, 0) is 20.8 Å². The standard InChI is InChI=1S/C7H10N2O4.C5H9NO4/c1-3-4(6(10)9-13-3)2-5(8)7(11)12;6-3(5(9)10)1-2-4(7)8/h5H,2,8H2,1H3,(H,9,10)(H,11,12);3H,1-2,6H2,(H,7,8)(H,9,10)/t;3-/m.0/s1. The van der Waals surface area contributed by atoms with Gasteiger partial charge in [0.25, 0.3) is 5.88 Å². The lowest BCUT2D eigenvalue weighted by Crippen LogP contribution is -2.32. The van der Waals surface area contributed by atoms with E-state index in [0.717, 1.165) is 0 Å². The van der Waals surface area contributed by atoms with Gasteiger partial charge in [0.15, 0.2) is 0 Å². The molecule has 0 bridgehead atoms. The van der Waals surface area contributed by atoms with E-state index in [0.29, 0.717) is 11.3 Å². The quantitative estimate of drug-likeness (QED) is 0.352. The molecule has 0 spiro atoms. The van der Waals surface area contributed by atoms with Crippen LogP contribution in [0.3, 0.4) is 0 Å². The molecule has 1 unspecified atom stereocenters. The smallest absolute Gasteiger partial charge is 0.320 e. The fraction of sp³-hybridized carbons (Fsp3) is 0.500. The first-order chi connectivity index (χ1) is 10.6. The van der Waals surface area contributed by atoms with Crippen molar-refractivity contribution in [2.24, 2.45) is 11.5 Å². The number of carboxylic acid groups (broad SMARTS) is 3. The highest BCUT2D eigenvalue weighted by Crippen LogP contribution is 2.20. The van der Waals surface area contributed by atoms with E-state index in [1.165, 1.54) is 0 Å². The van der Waals surface area contributed by atoms with Gasteiger partial charge in [-0.2, -0.15) is 0 Å². The Kier molecular flexibility index (Phi) is 8.29. The lowest BCUT2D eigenvalue weighted by Gasteiger charge is -2.03. The number of aryl methyl sites for hydroxylation is 1. The van der Waals surface area contributed by atoms with Crippen molar-refractivity contribution in [2.45, 2.75) is 38.3 Å². The second-order valence-electron chi connectivity index (χ2n) is 4.57. The van der Waals surface area contributed by atoms with E-state index >= 15 is 0 Å². The molecule has 0 aliphatic carbocycles. The van der Waals surface area contributed by atoms with Gasteiger partial charge in [0.1, 0.15) is 17.8 Å². The van der Waals surface area contributed by atoms with Gasteiger partial charge in [-0.3, -0.25) is 14.4 Å². The van der Waals surface area contributed by atoms with Crippen molar-refractivity contribution in [1.82, 2.24) is 5.16 Å². The zero-order chi connectivity index (χ0) is 18.2. The van der Waals surface area contributed by atoms with E-state index in [2.05, 4.69) is 9.68 Å². The summed E-state index contributed by atoms with van der Waals surface area (Å²) in [5.41, 5.74) is 10.6. The molecule has 0 aliphatic heterocycles. The molecule has 8 N–H and O–H groups in total. The number of carbonyl (C=O) groups is 3. The number of aromatic hydroxyl groups is 1. The third-order valence-electron chi connectivity index (χ3n) is 2.69. The van der Waals surface area contributed by atoms with Crippen LogP contribution in [0.1, 0.15) is 24.2 Å². The Hall–Kier alpha value is -2.66.